The van der Waals surface area contributed by atoms with E-state index in [-0.39, 0.29) is 6.79 Å². The van der Waals surface area contributed by atoms with Crippen LogP contribution in [0.1, 0.15) is 20.7 Å². The Kier molecular flexibility index (Phi) is 5.22. The minimum absolute atomic E-state index is 0.0957. The summed E-state index contributed by atoms with van der Waals surface area (Å²) in [4.78, 5) is 23.1. The van der Waals surface area contributed by atoms with E-state index in [1.54, 1.807) is 37.4 Å². The molecule has 4 aromatic carbocycles. The zero-order valence-corrected chi connectivity index (χ0v) is 15.8. The molecule has 0 unspecified atom stereocenters. The molecule has 0 fully saturated rings. The van der Waals surface area contributed by atoms with Gasteiger partial charge in [0.25, 0.3) is 0 Å². The van der Waals surface area contributed by atoms with Crippen molar-refractivity contribution >= 4 is 34.1 Å². The van der Waals surface area contributed by atoms with Crippen molar-refractivity contribution in [2.75, 3.05) is 13.9 Å². The molecule has 0 bridgehead atoms. The maximum Gasteiger partial charge on any atom is 0.188 e. The molecule has 0 saturated heterocycles. The maximum absolute atomic E-state index is 11.7. The van der Waals surface area contributed by atoms with Gasteiger partial charge in [0.1, 0.15) is 17.2 Å². The zero-order valence-electron chi connectivity index (χ0n) is 15.8. The molecule has 0 aliphatic carbocycles. The van der Waals surface area contributed by atoms with Crippen LogP contribution in [0, 0.1) is 0 Å². The molecule has 0 aliphatic heterocycles. The highest BCUT2D eigenvalue weighted by Gasteiger charge is 2.14. The lowest BCUT2D eigenvalue weighted by atomic mass is 10.0. The van der Waals surface area contributed by atoms with Crippen LogP contribution in [0.2, 0.25) is 0 Å². The van der Waals surface area contributed by atoms with Gasteiger partial charge in [-0.3, -0.25) is 9.59 Å². The van der Waals surface area contributed by atoms with Crippen LogP contribution in [0.3, 0.4) is 0 Å². The molecule has 4 aromatic rings. The first-order chi connectivity index (χ1) is 14.3. The van der Waals surface area contributed by atoms with Gasteiger partial charge < -0.3 is 14.2 Å². The molecule has 29 heavy (non-hydrogen) atoms. The third-order valence-electron chi connectivity index (χ3n) is 4.72. The summed E-state index contributed by atoms with van der Waals surface area (Å²) in [7, 11) is 1.55. The molecule has 0 aromatic heterocycles. The van der Waals surface area contributed by atoms with E-state index in [0.29, 0.717) is 33.8 Å². The van der Waals surface area contributed by atoms with Crippen molar-refractivity contribution in [3.8, 4) is 17.2 Å². The minimum Gasteiger partial charge on any atom is -0.467 e. The number of hydrogen-bond acceptors (Lipinski definition) is 5. The molecule has 5 nitrogen and oxygen atoms in total. The van der Waals surface area contributed by atoms with Crippen molar-refractivity contribution in [1.29, 1.82) is 0 Å². The lowest BCUT2D eigenvalue weighted by molar-refractivity contribution is 0.0522. The van der Waals surface area contributed by atoms with Gasteiger partial charge in [-0.05, 0) is 35.7 Å². The predicted octanol–water partition coefficient (Wildman–Crippen LogP) is 5.39. The number of aldehydes is 2. The molecular weight excluding hydrogens is 368 g/mol. The van der Waals surface area contributed by atoms with Crippen LogP contribution in [-0.2, 0) is 4.74 Å². The van der Waals surface area contributed by atoms with Gasteiger partial charge in [-0.1, -0.05) is 36.4 Å². The van der Waals surface area contributed by atoms with Gasteiger partial charge in [0.2, 0.25) is 0 Å². The summed E-state index contributed by atoms with van der Waals surface area (Å²) in [6, 6.07) is 20.0. The molecule has 0 heterocycles. The second kappa shape index (κ2) is 8.12. The number of methoxy groups -OCH3 is 1. The van der Waals surface area contributed by atoms with Crippen molar-refractivity contribution in [3.63, 3.8) is 0 Å². The summed E-state index contributed by atoms with van der Waals surface area (Å²) in [5.74, 6) is 1.72. The first-order valence-corrected chi connectivity index (χ1v) is 9.04. The summed E-state index contributed by atoms with van der Waals surface area (Å²) in [5.41, 5.74) is 1.09. The smallest absolute Gasteiger partial charge is 0.188 e. The van der Waals surface area contributed by atoms with Crippen LogP contribution in [0.5, 0.6) is 17.2 Å². The molecule has 4 rings (SSSR count). The average molecular weight is 386 g/mol. The predicted molar refractivity (Wildman–Crippen MR) is 111 cm³/mol. The van der Waals surface area contributed by atoms with E-state index in [4.69, 9.17) is 14.2 Å². The molecule has 0 atom stereocenters. The molecule has 0 spiro atoms. The Morgan fingerprint density at radius 3 is 2.14 bits per heavy atom. The van der Waals surface area contributed by atoms with E-state index in [9.17, 15) is 9.59 Å². The van der Waals surface area contributed by atoms with E-state index in [1.165, 1.54) is 0 Å². The van der Waals surface area contributed by atoms with E-state index in [2.05, 4.69) is 0 Å². The van der Waals surface area contributed by atoms with Crippen molar-refractivity contribution in [2.24, 2.45) is 0 Å². The number of carbonyl (C=O) groups excluding carboxylic acids is 2. The highest BCUT2D eigenvalue weighted by Crippen LogP contribution is 2.39. The first-order valence-electron chi connectivity index (χ1n) is 9.04. The number of carbonyl (C=O) groups is 2. The Balaban J connectivity index is 1.88. The van der Waals surface area contributed by atoms with E-state index < -0.39 is 0 Å². The van der Waals surface area contributed by atoms with Gasteiger partial charge in [0.05, 0.1) is 0 Å². The van der Waals surface area contributed by atoms with E-state index >= 15 is 0 Å². The van der Waals surface area contributed by atoms with Crippen LogP contribution >= 0.6 is 0 Å². The SMILES string of the molecule is COCOc1ccc(C=O)c2c(Oc3ccc(C=O)c4ccccc34)cccc12. The number of rotatable bonds is 7. The van der Waals surface area contributed by atoms with Gasteiger partial charge in [-0.25, -0.2) is 0 Å². The minimum atomic E-state index is 0.0957. The highest BCUT2D eigenvalue weighted by atomic mass is 16.7. The summed E-state index contributed by atoms with van der Waals surface area (Å²) in [6.07, 6.45) is 1.62. The molecule has 0 radical (unpaired) electrons. The molecule has 0 amide bonds. The molecule has 0 saturated carbocycles. The normalized spacial score (nSPS) is 10.8. The Labute approximate surface area is 167 Å². The van der Waals surface area contributed by atoms with Crippen LogP contribution in [-0.4, -0.2) is 26.5 Å². The van der Waals surface area contributed by atoms with Crippen LogP contribution < -0.4 is 9.47 Å². The third kappa shape index (κ3) is 3.44. The van der Waals surface area contributed by atoms with Crippen molar-refractivity contribution in [1.82, 2.24) is 0 Å². The van der Waals surface area contributed by atoms with Crippen LogP contribution in [0.15, 0.2) is 66.7 Å². The Bertz CT molecular complexity index is 1210. The number of fused-ring (bicyclic) bond motifs is 2. The fourth-order valence-corrected chi connectivity index (χ4v) is 3.41. The standard InChI is InChI=1S/C24H18O5/c1-27-15-28-21-11-10-17(14-26)24-20(21)7-4-8-23(24)29-22-12-9-16(13-25)18-5-2-3-6-19(18)22/h2-14H,15H2,1H3. The summed E-state index contributed by atoms with van der Waals surface area (Å²) in [5, 5.41) is 3.02. The van der Waals surface area contributed by atoms with Gasteiger partial charge in [-0.2, -0.15) is 0 Å². The third-order valence-corrected chi connectivity index (χ3v) is 4.72. The Hall–Kier alpha value is -3.70. The molecule has 144 valence electrons. The second-order valence-electron chi connectivity index (χ2n) is 6.42. The van der Waals surface area contributed by atoms with Gasteiger partial charge >= 0.3 is 0 Å². The quantitative estimate of drug-likeness (QED) is 0.315. The van der Waals surface area contributed by atoms with Crippen LogP contribution in [0.4, 0.5) is 0 Å². The van der Waals surface area contributed by atoms with Crippen molar-refractivity contribution in [2.45, 2.75) is 0 Å². The largest absolute Gasteiger partial charge is 0.467 e. The van der Waals surface area contributed by atoms with Gasteiger partial charge in [0.15, 0.2) is 19.4 Å². The number of benzene rings is 4. The molecule has 5 heteroatoms. The van der Waals surface area contributed by atoms with Gasteiger partial charge in [0, 0.05) is 34.4 Å². The topological polar surface area (TPSA) is 61.8 Å². The fraction of sp³-hybridized carbons (Fsp3) is 0.0833. The summed E-state index contributed by atoms with van der Waals surface area (Å²) < 4.78 is 16.9. The summed E-state index contributed by atoms with van der Waals surface area (Å²) in [6.45, 7) is 0.0957. The fourth-order valence-electron chi connectivity index (χ4n) is 3.41. The zero-order chi connectivity index (χ0) is 20.2. The van der Waals surface area contributed by atoms with E-state index in [1.807, 2.05) is 36.4 Å². The molecular formula is C24H18O5. The van der Waals surface area contributed by atoms with E-state index in [0.717, 1.165) is 28.7 Å². The average Bonchev–Trinajstić information content (AvgIpc) is 2.77. The van der Waals surface area contributed by atoms with Gasteiger partial charge in [-0.15, -0.1) is 0 Å². The monoisotopic (exact) mass is 386 g/mol. The highest BCUT2D eigenvalue weighted by molar-refractivity contribution is 6.05. The maximum atomic E-state index is 11.7. The molecule has 0 aliphatic rings. The lowest BCUT2D eigenvalue weighted by Crippen LogP contribution is -2.00. The Morgan fingerprint density at radius 1 is 0.690 bits per heavy atom. The van der Waals surface area contributed by atoms with Crippen LogP contribution in [0.25, 0.3) is 21.5 Å². The summed E-state index contributed by atoms with van der Waals surface area (Å²) >= 11 is 0. The second-order valence-corrected chi connectivity index (χ2v) is 6.42. The Morgan fingerprint density at radius 2 is 1.38 bits per heavy atom. The van der Waals surface area contributed by atoms with Crippen molar-refractivity contribution < 1.29 is 23.8 Å². The lowest BCUT2D eigenvalue weighted by Gasteiger charge is -2.15. The molecule has 0 N–H and O–H groups in total. The van der Waals surface area contributed by atoms with Crippen molar-refractivity contribution in [3.05, 3.63) is 77.9 Å². The first kappa shape index (κ1) is 18.7. The number of hydrogen-bond donors (Lipinski definition) is 0. The number of ether oxygens (including phenoxy) is 3.